The molecule has 1 aromatic carbocycles. The molecule has 0 radical (unpaired) electrons. The third-order valence-electron chi connectivity index (χ3n) is 2.85. The van der Waals surface area contributed by atoms with E-state index in [2.05, 4.69) is 17.6 Å². The van der Waals surface area contributed by atoms with E-state index in [-0.39, 0.29) is 5.91 Å². The van der Waals surface area contributed by atoms with Crippen molar-refractivity contribution in [2.24, 2.45) is 0 Å². The van der Waals surface area contributed by atoms with Gasteiger partial charge in [0.1, 0.15) is 0 Å². The van der Waals surface area contributed by atoms with Crippen LogP contribution in [0.5, 0.6) is 0 Å². The normalized spacial score (nSPS) is 12.2. The van der Waals surface area contributed by atoms with Crippen molar-refractivity contribution in [2.75, 3.05) is 20.8 Å². The number of methoxy groups -OCH3 is 1. The van der Waals surface area contributed by atoms with Crippen molar-refractivity contribution >= 4 is 5.91 Å². The van der Waals surface area contributed by atoms with Gasteiger partial charge in [0.2, 0.25) is 0 Å². The van der Waals surface area contributed by atoms with Gasteiger partial charge < -0.3 is 15.4 Å². The van der Waals surface area contributed by atoms with Crippen molar-refractivity contribution in [3.63, 3.8) is 0 Å². The molecule has 0 fully saturated rings. The van der Waals surface area contributed by atoms with Gasteiger partial charge in [0, 0.05) is 38.9 Å². The summed E-state index contributed by atoms with van der Waals surface area (Å²) < 4.78 is 5.03. The minimum absolute atomic E-state index is 0.0528. The smallest absolute Gasteiger partial charge is 0.251 e. The fourth-order valence-electron chi connectivity index (χ4n) is 1.61. The van der Waals surface area contributed by atoms with Gasteiger partial charge in [0.05, 0.1) is 0 Å². The second kappa shape index (κ2) is 7.84. The third-order valence-corrected chi connectivity index (χ3v) is 2.85. The summed E-state index contributed by atoms with van der Waals surface area (Å²) in [6.07, 6.45) is 0.993. The van der Waals surface area contributed by atoms with Gasteiger partial charge in [-0.25, -0.2) is 0 Å². The third kappa shape index (κ3) is 4.85. The molecule has 0 aliphatic heterocycles. The molecule has 1 rings (SSSR count). The molecule has 1 aromatic rings. The molecular weight excluding hydrogens is 228 g/mol. The molecule has 100 valence electrons. The highest BCUT2D eigenvalue weighted by Gasteiger charge is 2.04. The Hall–Kier alpha value is -1.39. The molecule has 0 heterocycles. The molecule has 4 nitrogen and oxygen atoms in total. The average molecular weight is 250 g/mol. The lowest BCUT2D eigenvalue weighted by Gasteiger charge is -2.13. The van der Waals surface area contributed by atoms with Crippen molar-refractivity contribution in [1.29, 1.82) is 0 Å². The molecule has 1 unspecified atom stereocenters. The fourth-order valence-corrected chi connectivity index (χ4v) is 1.61. The standard InChI is InChI=1S/C14H22N2O2/c1-11(8-9-18-3)16-10-12-4-6-13(7-5-12)14(17)15-2/h4-7,11,16H,8-10H2,1-3H3,(H,15,17). The summed E-state index contributed by atoms with van der Waals surface area (Å²) in [6, 6.07) is 8.05. The Morgan fingerprint density at radius 1 is 1.33 bits per heavy atom. The molecule has 4 heteroatoms. The molecule has 0 bridgehead atoms. The highest BCUT2D eigenvalue weighted by atomic mass is 16.5. The number of hydrogen-bond donors (Lipinski definition) is 2. The molecule has 0 aromatic heterocycles. The Balaban J connectivity index is 2.41. The van der Waals surface area contributed by atoms with E-state index in [9.17, 15) is 4.79 Å². The van der Waals surface area contributed by atoms with Crippen LogP contribution in [-0.2, 0) is 11.3 Å². The van der Waals surface area contributed by atoms with Crippen molar-refractivity contribution in [1.82, 2.24) is 10.6 Å². The van der Waals surface area contributed by atoms with Crippen molar-refractivity contribution in [2.45, 2.75) is 25.9 Å². The van der Waals surface area contributed by atoms with E-state index in [0.29, 0.717) is 11.6 Å². The van der Waals surface area contributed by atoms with E-state index in [1.807, 2.05) is 24.3 Å². The van der Waals surface area contributed by atoms with Gasteiger partial charge in [-0.1, -0.05) is 12.1 Å². The van der Waals surface area contributed by atoms with Gasteiger partial charge in [-0.3, -0.25) is 4.79 Å². The summed E-state index contributed by atoms with van der Waals surface area (Å²) in [5.74, 6) is -0.0528. The number of benzene rings is 1. The second-order valence-electron chi connectivity index (χ2n) is 4.34. The van der Waals surface area contributed by atoms with Gasteiger partial charge in [0.25, 0.3) is 5.91 Å². The van der Waals surface area contributed by atoms with Crippen LogP contribution in [0.15, 0.2) is 24.3 Å². The minimum Gasteiger partial charge on any atom is -0.385 e. The minimum atomic E-state index is -0.0528. The SMILES string of the molecule is CNC(=O)c1ccc(CNC(C)CCOC)cc1. The summed E-state index contributed by atoms with van der Waals surface area (Å²) in [5, 5.41) is 6.02. The van der Waals surface area contributed by atoms with Crippen molar-refractivity contribution < 1.29 is 9.53 Å². The van der Waals surface area contributed by atoms with Crippen LogP contribution < -0.4 is 10.6 Å². The number of carbonyl (C=O) groups excluding carboxylic acids is 1. The molecule has 0 saturated carbocycles. The van der Waals surface area contributed by atoms with Crippen LogP contribution in [0.4, 0.5) is 0 Å². The first-order valence-corrected chi connectivity index (χ1v) is 6.20. The van der Waals surface area contributed by atoms with Gasteiger partial charge in [-0.2, -0.15) is 0 Å². The molecule has 2 N–H and O–H groups in total. The lowest BCUT2D eigenvalue weighted by molar-refractivity contribution is 0.0963. The number of hydrogen-bond acceptors (Lipinski definition) is 3. The molecule has 0 aliphatic rings. The van der Waals surface area contributed by atoms with Crippen LogP contribution in [-0.4, -0.2) is 32.7 Å². The number of nitrogens with one attached hydrogen (secondary N) is 2. The average Bonchev–Trinajstić information content (AvgIpc) is 2.42. The lowest BCUT2D eigenvalue weighted by atomic mass is 10.1. The van der Waals surface area contributed by atoms with Crippen LogP contribution in [0, 0.1) is 0 Å². The first kappa shape index (κ1) is 14.7. The van der Waals surface area contributed by atoms with E-state index in [0.717, 1.165) is 19.6 Å². The Labute approximate surface area is 109 Å². The Morgan fingerprint density at radius 2 is 2.00 bits per heavy atom. The van der Waals surface area contributed by atoms with Gasteiger partial charge in [0.15, 0.2) is 0 Å². The van der Waals surface area contributed by atoms with Crippen LogP contribution >= 0.6 is 0 Å². The van der Waals surface area contributed by atoms with E-state index >= 15 is 0 Å². The fraction of sp³-hybridized carbons (Fsp3) is 0.500. The van der Waals surface area contributed by atoms with Gasteiger partial charge in [-0.05, 0) is 31.0 Å². The van der Waals surface area contributed by atoms with Crippen molar-refractivity contribution in [3.05, 3.63) is 35.4 Å². The first-order chi connectivity index (χ1) is 8.67. The summed E-state index contributed by atoms with van der Waals surface area (Å²) in [4.78, 5) is 11.4. The number of carbonyl (C=O) groups is 1. The maximum absolute atomic E-state index is 11.4. The van der Waals surface area contributed by atoms with E-state index in [1.165, 1.54) is 5.56 Å². The van der Waals surface area contributed by atoms with Gasteiger partial charge >= 0.3 is 0 Å². The molecular formula is C14H22N2O2. The zero-order chi connectivity index (χ0) is 13.4. The quantitative estimate of drug-likeness (QED) is 0.772. The van der Waals surface area contributed by atoms with Crippen LogP contribution in [0.25, 0.3) is 0 Å². The predicted molar refractivity (Wildman–Crippen MR) is 72.6 cm³/mol. The lowest BCUT2D eigenvalue weighted by Crippen LogP contribution is -2.26. The highest BCUT2D eigenvalue weighted by Crippen LogP contribution is 2.05. The summed E-state index contributed by atoms with van der Waals surface area (Å²) >= 11 is 0. The number of amides is 1. The number of rotatable bonds is 7. The summed E-state index contributed by atoms with van der Waals surface area (Å²) in [7, 11) is 3.35. The van der Waals surface area contributed by atoms with Crippen LogP contribution in [0.2, 0.25) is 0 Å². The van der Waals surface area contributed by atoms with Crippen molar-refractivity contribution in [3.8, 4) is 0 Å². The van der Waals surface area contributed by atoms with Crippen LogP contribution in [0.3, 0.4) is 0 Å². The number of ether oxygens (including phenoxy) is 1. The summed E-state index contributed by atoms with van der Waals surface area (Å²) in [6.45, 7) is 3.71. The largest absolute Gasteiger partial charge is 0.385 e. The Bertz CT molecular complexity index is 363. The van der Waals surface area contributed by atoms with E-state index < -0.39 is 0 Å². The zero-order valence-corrected chi connectivity index (χ0v) is 11.3. The van der Waals surface area contributed by atoms with Crippen LogP contribution in [0.1, 0.15) is 29.3 Å². The Morgan fingerprint density at radius 3 is 2.56 bits per heavy atom. The zero-order valence-electron chi connectivity index (χ0n) is 11.3. The maximum Gasteiger partial charge on any atom is 0.251 e. The van der Waals surface area contributed by atoms with E-state index in [4.69, 9.17) is 4.74 Å². The molecule has 0 saturated heterocycles. The Kier molecular flexibility index (Phi) is 6.39. The molecule has 0 aliphatic carbocycles. The van der Waals surface area contributed by atoms with E-state index in [1.54, 1.807) is 14.2 Å². The first-order valence-electron chi connectivity index (χ1n) is 6.20. The summed E-state index contributed by atoms with van der Waals surface area (Å²) in [5.41, 5.74) is 1.86. The highest BCUT2D eigenvalue weighted by molar-refractivity contribution is 5.93. The molecule has 0 spiro atoms. The monoisotopic (exact) mass is 250 g/mol. The molecule has 18 heavy (non-hydrogen) atoms. The topological polar surface area (TPSA) is 50.4 Å². The maximum atomic E-state index is 11.4. The predicted octanol–water partition coefficient (Wildman–Crippen LogP) is 1.56. The molecule has 1 atom stereocenters. The molecule has 1 amide bonds. The van der Waals surface area contributed by atoms with Gasteiger partial charge in [-0.15, -0.1) is 0 Å². The second-order valence-corrected chi connectivity index (χ2v) is 4.34.